The Hall–Kier alpha value is -2.90. The standard InChI is InChI=1S/C20H26N6O2/c1-20(2)11-16(15-5-3-4-8-22-15)24-18-14(12-23-26(18)20)19(28)25-9-6-13(7-10-25)17(21)27/h3-5,8,12-13,16,24H,6-7,9-11H2,1-2H3,(H2,21,27). The number of piperidine rings is 1. The molecule has 1 saturated heterocycles. The van der Waals surface area contributed by atoms with Crippen LogP contribution in [-0.4, -0.2) is 44.6 Å². The number of pyridine rings is 1. The third-order valence-corrected chi connectivity index (χ3v) is 5.82. The number of nitrogens with one attached hydrogen (secondary N) is 1. The van der Waals surface area contributed by atoms with Crippen LogP contribution in [0.5, 0.6) is 0 Å². The van der Waals surface area contributed by atoms with E-state index in [-0.39, 0.29) is 29.3 Å². The first-order chi connectivity index (χ1) is 13.4. The highest BCUT2D eigenvalue weighted by molar-refractivity contribution is 5.99. The number of anilines is 1. The topological polar surface area (TPSA) is 106 Å². The van der Waals surface area contributed by atoms with Crippen molar-refractivity contribution in [2.75, 3.05) is 18.4 Å². The highest BCUT2D eigenvalue weighted by atomic mass is 16.2. The number of nitrogens with zero attached hydrogens (tertiary/aromatic N) is 4. The molecular weight excluding hydrogens is 356 g/mol. The van der Waals surface area contributed by atoms with Crippen LogP contribution in [0.4, 0.5) is 5.82 Å². The van der Waals surface area contributed by atoms with Gasteiger partial charge in [0.25, 0.3) is 5.91 Å². The minimum atomic E-state index is -0.281. The summed E-state index contributed by atoms with van der Waals surface area (Å²) in [5, 5.41) is 7.99. The molecule has 2 aromatic heterocycles. The second-order valence-electron chi connectivity index (χ2n) is 8.26. The second-order valence-corrected chi connectivity index (χ2v) is 8.26. The average Bonchev–Trinajstić information content (AvgIpc) is 3.13. The lowest BCUT2D eigenvalue weighted by Gasteiger charge is -2.38. The van der Waals surface area contributed by atoms with Gasteiger partial charge in [0.2, 0.25) is 5.91 Å². The van der Waals surface area contributed by atoms with Gasteiger partial charge < -0.3 is 16.0 Å². The monoisotopic (exact) mass is 382 g/mol. The van der Waals surface area contributed by atoms with Crippen LogP contribution in [0.25, 0.3) is 0 Å². The smallest absolute Gasteiger partial charge is 0.259 e. The van der Waals surface area contributed by atoms with Gasteiger partial charge in [-0.15, -0.1) is 0 Å². The molecule has 0 aliphatic carbocycles. The first-order valence-corrected chi connectivity index (χ1v) is 9.71. The minimum Gasteiger partial charge on any atom is -0.369 e. The van der Waals surface area contributed by atoms with Crippen LogP contribution in [0, 0.1) is 5.92 Å². The zero-order valence-corrected chi connectivity index (χ0v) is 16.3. The van der Waals surface area contributed by atoms with Gasteiger partial charge in [0.05, 0.1) is 23.5 Å². The summed E-state index contributed by atoms with van der Waals surface area (Å²) in [6.45, 7) is 5.30. The number of nitrogens with two attached hydrogens (primary N) is 1. The summed E-state index contributed by atoms with van der Waals surface area (Å²) in [5.74, 6) is 0.246. The number of amides is 2. The van der Waals surface area contributed by atoms with Crippen molar-refractivity contribution in [2.24, 2.45) is 11.7 Å². The lowest BCUT2D eigenvalue weighted by Crippen LogP contribution is -2.42. The number of primary amides is 1. The number of fused-ring (bicyclic) bond motifs is 1. The fourth-order valence-electron chi connectivity index (χ4n) is 4.20. The Balaban J connectivity index is 1.59. The van der Waals surface area contributed by atoms with E-state index in [1.165, 1.54) is 0 Å². The maximum absolute atomic E-state index is 13.2. The summed E-state index contributed by atoms with van der Waals surface area (Å²) < 4.78 is 1.90. The van der Waals surface area contributed by atoms with Crippen molar-refractivity contribution in [3.8, 4) is 0 Å². The molecule has 3 N–H and O–H groups in total. The Kier molecular flexibility index (Phi) is 4.56. The number of likely N-dealkylation sites (tertiary alicyclic amines) is 1. The Morgan fingerprint density at radius 3 is 2.64 bits per heavy atom. The summed E-state index contributed by atoms with van der Waals surface area (Å²) in [6, 6.07) is 5.87. The predicted molar refractivity (Wildman–Crippen MR) is 105 cm³/mol. The number of hydrogen-bond donors (Lipinski definition) is 2. The molecule has 0 saturated carbocycles. The van der Waals surface area contributed by atoms with E-state index < -0.39 is 0 Å². The molecule has 0 bridgehead atoms. The largest absolute Gasteiger partial charge is 0.369 e. The molecule has 1 fully saturated rings. The molecule has 4 heterocycles. The number of hydrogen-bond acceptors (Lipinski definition) is 5. The van der Waals surface area contributed by atoms with Gasteiger partial charge in [0.1, 0.15) is 11.4 Å². The minimum absolute atomic E-state index is 0.00699. The third kappa shape index (κ3) is 3.23. The first kappa shape index (κ1) is 18.5. The highest BCUT2D eigenvalue weighted by Gasteiger charge is 2.38. The van der Waals surface area contributed by atoms with E-state index in [0.29, 0.717) is 31.5 Å². The number of aromatic nitrogens is 3. The van der Waals surface area contributed by atoms with Crippen molar-refractivity contribution >= 4 is 17.6 Å². The first-order valence-electron chi connectivity index (χ1n) is 9.71. The molecule has 148 valence electrons. The molecule has 1 atom stereocenters. The van der Waals surface area contributed by atoms with Gasteiger partial charge in [-0.05, 0) is 45.2 Å². The third-order valence-electron chi connectivity index (χ3n) is 5.82. The summed E-state index contributed by atoms with van der Waals surface area (Å²) >= 11 is 0. The molecule has 1 unspecified atom stereocenters. The van der Waals surface area contributed by atoms with Gasteiger partial charge in [-0.1, -0.05) is 6.07 Å². The van der Waals surface area contributed by atoms with Gasteiger partial charge in [0, 0.05) is 25.2 Å². The Morgan fingerprint density at radius 2 is 2.00 bits per heavy atom. The van der Waals surface area contributed by atoms with Crippen molar-refractivity contribution in [3.63, 3.8) is 0 Å². The van der Waals surface area contributed by atoms with Crippen LogP contribution in [0.2, 0.25) is 0 Å². The Labute approximate surface area is 164 Å². The molecular formula is C20H26N6O2. The van der Waals surface area contributed by atoms with Crippen molar-refractivity contribution in [1.82, 2.24) is 19.7 Å². The van der Waals surface area contributed by atoms with E-state index in [0.717, 1.165) is 17.9 Å². The van der Waals surface area contributed by atoms with Crippen LogP contribution in [0.3, 0.4) is 0 Å². The van der Waals surface area contributed by atoms with Gasteiger partial charge in [-0.25, -0.2) is 4.68 Å². The normalized spacial score (nSPS) is 21.6. The maximum atomic E-state index is 13.2. The van der Waals surface area contributed by atoms with Crippen molar-refractivity contribution in [1.29, 1.82) is 0 Å². The number of carbonyl (C=O) groups is 2. The van der Waals surface area contributed by atoms with Crippen LogP contribution in [-0.2, 0) is 10.3 Å². The van der Waals surface area contributed by atoms with Crippen molar-refractivity contribution in [2.45, 2.75) is 44.7 Å². The molecule has 8 nitrogen and oxygen atoms in total. The van der Waals surface area contributed by atoms with E-state index in [2.05, 4.69) is 29.2 Å². The summed E-state index contributed by atoms with van der Waals surface area (Å²) in [4.78, 5) is 30.8. The van der Waals surface area contributed by atoms with Gasteiger partial charge in [-0.3, -0.25) is 14.6 Å². The molecule has 4 rings (SSSR count). The zero-order valence-electron chi connectivity index (χ0n) is 16.3. The van der Waals surface area contributed by atoms with E-state index in [1.807, 2.05) is 22.9 Å². The Bertz CT molecular complexity index is 883. The lowest BCUT2D eigenvalue weighted by atomic mass is 9.91. The van der Waals surface area contributed by atoms with Crippen LogP contribution < -0.4 is 11.1 Å². The van der Waals surface area contributed by atoms with Crippen LogP contribution in [0.1, 0.15) is 55.2 Å². The summed E-state index contributed by atoms with van der Waals surface area (Å²) in [5.41, 5.74) is 6.66. The Morgan fingerprint density at radius 1 is 1.25 bits per heavy atom. The van der Waals surface area contributed by atoms with E-state index in [1.54, 1.807) is 17.3 Å². The number of rotatable bonds is 3. The zero-order chi connectivity index (χ0) is 19.9. The molecule has 28 heavy (non-hydrogen) atoms. The number of carbonyl (C=O) groups excluding carboxylic acids is 2. The fraction of sp³-hybridized carbons (Fsp3) is 0.500. The van der Waals surface area contributed by atoms with Gasteiger partial charge in [-0.2, -0.15) is 5.10 Å². The van der Waals surface area contributed by atoms with Gasteiger partial charge in [0.15, 0.2) is 0 Å². The lowest BCUT2D eigenvalue weighted by molar-refractivity contribution is -0.123. The van der Waals surface area contributed by atoms with Crippen molar-refractivity contribution in [3.05, 3.63) is 41.9 Å². The summed E-state index contributed by atoms with van der Waals surface area (Å²) in [7, 11) is 0. The molecule has 2 amide bonds. The van der Waals surface area contributed by atoms with Crippen molar-refractivity contribution < 1.29 is 9.59 Å². The van der Waals surface area contributed by atoms with E-state index in [4.69, 9.17) is 5.73 Å². The molecule has 0 spiro atoms. The predicted octanol–water partition coefficient (Wildman–Crippen LogP) is 1.91. The maximum Gasteiger partial charge on any atom is 0.259 e. The van der Waals surface area contributed by atoms with E-state index in [9.17, 15) is 9.59 Å². The summed E-state index contributed by atoms with van der Waals surface area (Å²) in [6.07, 6.45) is 5.47. The van der Waals surface area contributed by atoms with Crippen LogP contribution in [0.15, 0.2) is 30.6 Å². The molecule has 0 aromatic carbocycles. The van der Waals surface area contributed by atoms with E-state index >= 15 is 0 Å². The van der Waals surface area contributed by atoms with Gasteiger partial charge >= 0.3 is 0 Å². The fourth-order valence-corrected chi connectivity index (χ4v) is 4.20. The van der Waals surface area contributed by atoms with Crippen LogP contribution >= 0.6 is 0 Å². The average molecular weight is 382 g/mol. The molecule has 2 aliphatic rings. The SMILES string of the molecule is CC1(C)CC(c2ccccn2)Nc2c(C(=O)N3CCC(C(N)=O)CC3)cnn21. The highest BCUT2D eigenvalue weighted by Crippen LogP contribution is 2.39. The molecule has 2 aliphatic heterocycles. The molecule has 8 heteroatoms. The second kappa shape index (κ2) is 6.92. The molecule has 2 aromatic rings. The molecule has 0 radical (unpaired) electrons. The quantitative estimate of drug-likeness (QED) is 0.843.